The quantitative estimate of drug-likeness (QED) is 0.432. The lowest BCUT2D eigenvalue weighted by molar-refractivity contribution is -0.127. The number of amides is 1. The van der Waals surface area contributed by atoms with Gasteiger partial charge in [0.25, 0.3) is 0 Å². The van der Waals surface area contributed by atoms with E-state index in [9.17, 15) is 4.79 Å². The average molecular weight is 434 g/mol. The number of likely N-dealkylation sites (N-methyl/N-ethyl adjacent to an activating group) is 1. The standard InChI is InChI=1S/C23H39N5O3/c1-18(2)31-15-14-28-12-10-20(11-13-28)26-23(25-17-22(29)27(3)4)24-16-19-6-8-21(30-5)9-7-19/h6-9,18,20H,10-17H2,1-5H3,(H2,24,25,26). The molecule has 1 aromatic rings. The third-order valence-electron chi connectivity index (χ3n) is 5.27. The molecule has 2 N–H and O–H groups in total. The Morgan fingerprint density at radius 1 is 1.23 bits per heavy atom. The van der Waals surface area contributed by atoms with E-state index in [0.29, 0.717) is 18.5 Å². The first-order valence-corrected chi connectivity index (χ1v) is 11.1. The SMILES string of the molecule is COc1ccc(CN=C(NCC(=O)N(C)C)NC2CCN(CCOC(C)C)CC2)cc1. The number of guanidine groups is 1. The number of rotatable bonds is 10. The van der Waals surface area contributed by atoms with Crippen molar-refractivity contribution in [3.63, 3.8) is 0 Å². The summed E-state index contributed by atoms with van der Waals surface area (Å²) in [4.78, 5) is 20.8. The van der Waals surface area contributed by atoms with Crippen LogP contribution in [0.3, 0.4) is 0 Å². The number of nitrogens with zero attached hydrogens (tertiary/aromatic N) is 3. The maximum Gasteiger partial charge on any atom is 0.241 e. The van der Waals surface area contributed by atoms with Gasteiger partial charge in [0.05, 0.1) is 32.9 Å². The van der Waals surface area contributed by atoms with Crippen LogP contribution in [-0.4, -0.2) is 87.8 Å². The maximum atomic E-state index is 12.0. The highest BCUT2D eigenvalue weighted by atomic mass is 16.5. The Hall–Kier alpha value is -2.32. The Morgan fingerprint density at radius 2 is 1.90 bits per heavy atom. The number of piperidine rings is 1. The number of ether oxygens (including phenoxy) is 2. The Kier molecular flexibility index (Phi) is 10.6. The Morgan fingerprint density at radius 3 is 2.48 bits per heavy atom. The summed E-state index contributed by atoms with van der Waals surface area (Å²) in [6.45, 7) is 8.68. The molecule has 1 aliphatic rings. The number of hydrogen-bond donors (Lipinski definition) is 2. The molecule has 1 heterocycles. The number of nitrogens with one attached hydrogen (secondary N) is 2. The van der Waals surface area contributed by atoms with Gasteiger partial charge in [-0.2, -0.15) is 0 Å². The summed E-state index contributed by atoms with van der Waals surface area (Å²) in [6.07, 6.45) is 2.35. The van der Waals surface area contributed by atoms with Crippen molar-refractivity contribution in [2.45, 2.75) is 45.4 Å². The van der Waals surface area contributed by atoms with Crippen molar-refractivity contribution in [2.24, 2.45) is 4.99 Å². The maximum absolute atomic E-state index is 12.0. The van der Waals surface area contributed by atoms with Crippen LogP contribution >= 0.6 is 0 Å². The highest BCUT2D eigenvalue weighted by molar-refractivity contribution is 5.86. The van der Waals surface area contributed by atoms with Gasteiger partial charge in [0.1, 0.15) is 5.75 Å². The van der Waals surface area contributed by atoms with Crippen LogP contribution in [0.4, 0.5) is 0 Å². The van der Waals surface area contributed by atoms with E-state index < -0.39 is 0 Å². The number of methoxy groups -OCH3 is 1. The zero-order valence-corrected chi connectivity index (χ0v) is 19.7. The summed E-state index contributed by atoms with van der Waals surface area (Å²) in [6, 6.07) is 8.20. The molecule has 1 aromatic carbocycles. The molecule has 0 bridgehead atoms. The van der Waals surface area contributed by atoms with E-state index in [1.165, 1.54) is 0 Å². The van der Waals surface area contributed by atoms with Crippen LogP contribution < -0.4 is 15.4 Å². The van der Waals surface area contributed by atoms with Gasteiger partial charge >= 0.3 is 0 Å². The fraction of sp³-hybridized carbons (Fsp3) is 0.652. The number of likely N-dealkylation sites (tertiary alicyclic amines) is 1. The van der Waals surface area contributed by atoms with E-state index in [0.717, 1.165) is 50.4 Å². The molecule has 1 saturated heterocycles. The van der Waals surface area contributed by atoms with Gasteiger partial charge in [-0.05, 0) is 44.4 Å². The van der Waals surface area contributed by atoms with Gasteiger partial charge in [-0.1, -0.05) is 12.1 Å². The van der Waals surface area contributed by atoms with Gasteiger partial charge < -0.3 is 29.9 Å². The van der Waals surface area contributed by atoms with Crippen LogP contribution in [0.1, 0.15) is 32.3 Å². The highest BCUT2D eigenvalue weighted by Crippen LogP contribution is 2.13. The van der Waals surface area contributed by atoms with E-state index in [1.807, 2.05) is 24.3 Å². The molecule has 8 heteroatoms. The van der Waals surface area contributed by atoms with Gasteiger partial charge in [0.15, 0.2) is 5.96 Å². The normalized spacial score (nSPS) is 15.7. The molecule has 1 fully saturated rings. The molecule has 31 heavy (non-hydrogen) atoms. The zero-order chi connectivity index (χ0) is 22.6. The van der Waals surface area contributed by atoms with Crippen molar-refractivity contribution in [1.82, 2.24) is 20.4 Å². The van der Waals surface area contributed by atoms with Crippen LogP contribution in [0.5, 0.6) is 5.75 Å². The lowest BCUT2D eigenvalue weighted by atomic mass is 10.1. The average Bonchev–Trinajstić information content (AvgIpc) is 2.76. The van der Waals surface area contributed by atoms with Crippen molar-refractivity contribution in [3.8, 4) is 5.75 Å². The molecular weight excluding hydrogens is 394 g/mol. The van der Waals surface area contributed by atoms with E-state index >= 15 is 0 Å². The summed E-state index contributed by atoms with van der Waals surface area (Å²) in [5.74, 6) is 1.51. The third kappa shape index (κ3) is 9.57. The van der Waals surface area contributed by atoms with Crippen LogP contribution in [0.25, 0.3) is 0 Å². The topological polar surface area (TPSA) is 78.4 Å². The van der Waals surface area contributed by atoms with E-state index in [2.05, 4.69) is 29.4 Å². The molecule has 0 saturated carbocycles. The molecule has 1 amide bonds. The first-order chi connectivity index (χ1) is 14.9. The lowest BCUT2D eigenvalue weighted by Crippen LogP contribution is -2.50. The lowest BCUT2D eigenvalue weighted by Gasteiger charge is -2.33. The highest BCUT2D eigenvalue weighted by Gasteiger charge is 2.20. The Bertz CT molecular complexity index is 683. The third-order valence-corrected chi connectivity index (χ3v) is 5.27. The van der Waals surface area contributed by atoms with E-state index in [1.54, 1.807) is 26.1 Å². The largest absolute Gasteiger partial charge is 0.497 e. The van der Waals surface area contributed by atoms with Crippen LogP contribution in [0.15, 0.2) is 29.3 Å². The zero-order valence-electron chi connectivity index (χ0n) is 19.7. The summed E-state index contributed by atoms with van der Waals surface area (Å²) >= 11 is 0. The molecular formula is C23H39N5O3. The fourth-order valence-electron chi connectivity index (χ4n) is 3.28. The molecule has 0 aliphatic carbocycles. The molecule has 174 valence electrons. The van der Waals surface area contributed by atoms with Crippen LogP contribution in [0.2, 0.25) is 0 Å². The monoisotopic (exact) mass is 433 g/mol. The van der Waals surface area contributed by atoms with Crippen LogP contribution in [0, 0.1) is 0 Å². The van der Waals surface area contributed by atoms with Gasteiger partial charge in [0.2, 0.25) is 5.91 Å². The van der Waals surface area contributed by atoms with Crippen molar-refractivity contribution in [2.75, 3.05) is 54.0 Å². The molecule has 8 nitrogen and oxygen atoms in total. The minimum atomic E-state index is 0.0129. The van der Waals surface area contributed by atoms with Crippen molar-refractivity contribution in [1.29, 1.82) is 0 Å². The molecule has 0 spiro atoms. The fourth-order valence-corrected chi connectivity index (χ4v) is 3.28. The van der Waals surface area contributed by atoms with Crippen molar-refractivity contribution < 1.29 is 14.3 Å². The Balaban J connectivity index is 1.89. The van der Waals surface area contributed by atoms with Gasteiger partial charge in [-0.15, -0.1) is 0 Å². The molecule has 0 unspecified atom stereocenters. The number of hydrogen-bond acceptors (Lipinski definition) is 5. The number of aliphatic imine (C=N–C) groups is 1. The number of benzene rings is 1. The first kappa shape index (κ1) is 24.9. The Labute approximate surface area is 187 Å². The molecule has 0 aromatic heterocycles. The summed E-state index contributed by atoms with van der Waals surface area (Å²) in [5.41, 5.74) is 1.08. The molecule has 0 radical (unpaired) electrons. The van der Waals surface area contributed by atoms with Gasteiger partial charge in [-0.25, -0.2) is 4.99 Å². The minimum Gasteiger partial charge on any atom is -0.497 e. The number of carbonyl (C=O) groups excluding carboxylic acids is 1. The predicted molar refractivity (Wildman–Crippen MR) is 125 cm³/mol. The van der Waals surface area contributed by atoms with Crippen molar-refractivity contribution in [3.05, 3.63) is 29.8 Å². The second-order valence-corrected chi connectivity index (χ2v) is 8.33. The summed E-state index contributed by atoms with van der Waals surface area (Å²) < 4.78 is 10.9. The summed E-state index contributed by atoms with van der Waals surface area (Å²) in [7, 11) is 5.16. The van der Waals surface area contributed by atoms with Gasteiger partial charge in [0, 0.05) is 39.8 Å². The number of carbonyl (C=O) groups is 1. The van der Waals surface area contributed by atoms with Gasteiger partial charge in [-0.3, -0.25) is 4.79 Å². The minimum absolute atomic E-state index is 0.0129. The van der Waals surface area contributed by atoms with E-state index in [-0.39, 0.29) is 18.6 Å². The second kappa shape index (κ2) is 13.2. The molecule has 2 rings (SSSR count). The smallest absolute Gasteiger partial charge is 0.241 e. The van der Waals surface area contributed by atoms with E-state index in [4.69, 9.17) is 14.5 Å². The molecule has 1 aliphatic heterocycles. The predicted octanol–water partition coefficient (Wildman–Crippen LogP) is 1.71. The van der Waals surface area contributed by atoms with Crippen molar-refractivity contribution >= 4 is 11.9 Å². The molecule has 0 atom stereocenters. The summed E-state index contributed by atoms with van der Waals surface area (Å²) in [5, 5.41) is 6.71. The van der Waals surface area contributed by atoms with Crippen LogP contribution in [-0.2, 0) is 16.1 Å². The second-order valence-electron chi connectivity index (χ2n) is 8.33. The first-order valence-electron chi connectivity index (χ1n) is 11.1.